The van der Waals surface area contributed by atoms with Crippen molar-refractivity contribution in [3.05, 3.63) is 67.3 Å². The van der Waals surface area contributed by atoms with Crippen molar-refractivity contribution in [1.82, 2.24) is 29.7 Å². The summed E-state index contributed by atoms with van der Waals surface area (Å²) in [5.41, 5.74) is -0.223. The number of amides is 5. The fourth-order valence-electron chi connectivity index (χ4n) is 9.20. The van der Waals surface area contributed by atoms with E-state index in [1.807, 2.05) is 83.1 Å². The Morgan fingerprint density at radius 2 is 1.73 bits per heavy atom. The maximum atomic E-state index is 15.2. The van der Waals surface area contributed by atoms with Crippen LogP contribution in [0.25, 0.3) is 22.2 Å². The Morgan fingerprint density at radius 3 is 2.36 bits per heavy atom. The molecule has 0 radical (unpaired) electrons. The van der Waals surface area contributed by atoms with Crippen molar-refractivity contribution in [3.8, 4) is 22.8 Å². The standard InChI is InChI=1S/C48H62N6O9S/c1-8-32-27-48(32,46(59)51-64(60,61)35-19-20-35)50-43(56)40-24-34(63-41-26-38(30-15-12-11-13-16-30)49-39-23-33(62-7)18-21-36(39)41)29-54(40)45(58)37(47(4,5)6)25-42(55)53-22-14-17-31(28-53)44(57)52(9-2)10-3/h8,11-13,15-16,18,21,23,26,31-32,34-35,37,40H,1,9-10,14,17,19-20,22,24-25,27-29H2,2-7H3,(H,50,56)(H,51,59)/t31?,32?,34-,37-,40+,48?/m1/s1. The number of carbonyl (C=O) groups excluding carboxylic acids is 5. The highest BCUT2D eigenvalue weighted by Crippen LogP contribution is 2.46. The summed E-state index contributed by atoms with van der Waals surface area (Å²) < 4.78 is 40.3. The number of fused-ring (bicyclic) bond motifs is 1. The SMILES string of the molecule is C=CC1CC1(NC(=O)[C@@H]1C[C@@H](Oc2cc(-c3ccccc3)nc3cc(OC)ccc23)CN1C(=O)[C@@H](CC(=O)N1CCCC(C(=O)N(CC)CC)C1)C(C)(C)C)C(=O)NS(=O)(=O)C1CC1. The highest BCUT2D eigenvalue weighted by molar-refractivity contribution is 7.91. The second-order valence-corrected chi connectivity index (χ2v) is 20.7. The van der Waals surface area contributed by atoms with Crippen molar-refractivity contribution >= 4 is 50.5 Å². The normalized spacial score (nSPS) is 23.8. The molecule has 6 atom stereocenters. The van der Waals surface area contributed by atoms with Gasteiger partial charge in [0.2, 0.25) is 33.7 Å². The molecule has 3 aromatic rings. The lowest BCUT2D eigenvalue weighted by molar-refractivity contribution is -0.149. The third-order valence-corrected chi connectivity index (χ3v) is 15.2. The molecule has 4 aliphatic rings. The van der Waals surface area contributed by atoms with Crippen LogP contribution in [0.3, 0.4) is 0 Å². The van der Waals surface area contributed by atoms with E-state index in [4.69, 9.17) is 14.5 Å². The number of piperidine rings is 1. The predicted octanol–water partition coefficient (Wildman–Crippen LogP) is 5.09. The molecule has 2 N–H and O–H groups in total. The Hall–Kier alpha value is -5.51. The van der Waals surface area contributed by atoms with Gasteiger partial charge in [0, 0.05) is 68.0 Å². The molecule has 15 nitrogen and oxygen atoms in total. The van der Waals surface area contributed by atoms with Crippen LogP contribution in [0.2, 0.25) is 0 Å². The Morgan fingerprint density at radius 1 is 1.02 bits per heavy atom. The minimum atomic E-state index is -3.93. The minimum absolute atomic E-state index is 0.0193. The average molecular weight is 899 g/mol. The number of carbonyl (C=O) groups is 5. The van der Waals surface area contributed by atoms with E-state index in [9.17, 15) is 27.6 Å². The highest BCUT2D eigenvalue weighted by Gasteiger charge is 2.62. The number of benzene rings is 2. The first-order chi connectivity index (χ1) is 30.4. The Labute approximate surface area is 376 Å². The van der Waals surface area contributed by atoms with Crippen LogP contribution in [0.15, 0.2) is 67.3 Å². The molecule has 16 heteroatoms. The van der Waals surface area contributed by atoms with Crippen LogP contribution >= 0.6 is 0 Å². The molecule has 0 spiro atoms. The van der Waals surface area contributed by atoms with Gasteiger partial charge in [0.1, 0.15) is 29.2 Å². The first-order valence-corrected chi connectivity index (χ1v) is 24.1. The Balaban J connectivity index is 1.20. The van der Waals surface area contributed by atoms with Crippen LogP contribution in [-0.4, -0.2) is 120 Å². The molecule has 7 rings (SSSR count). The van der Waals surface area contributed by atoms with Crippen LogP contribution in [0, 0.1) is 23.2 Å². The summed E-state index contributed by atoms with van der Waals surface area (Å²) in [6.45, 7) is 15.2. The van der Waals surface area contributed by atoms with Crippen LogP contribution in [0.1, 0.15) is 79.6 Å². The van der Waals surface area contributed by atoms with Gasteiger partial charge < -0.3 is 29.5 Å². The van der Waals surface area contributed by atoms with E-state index >= 15 is 4.79 Å². The molecule has 2 aliphatic heterocycles. The van der Waals surface area contributed by atoms with E-state index < -0.39 is 67.9 Å². The molecule has 4 fully saturated rings. The monoisotopic (exact) mass is 898 g/mol. The maximum Gasteiger partial charge on any atom is 0.259 e. The second kappa shape index (κ2) is 18.5. The molecule has 3 unspecified atom stereocenters. The van der Waals surface area contributed by atoms with E-state index in [2.05, 4.69) is 16.6 Å². The fraction of sp³-hybridized carbons (Fsp3) is 0.542. The van der Waals surface area contributed by atoms with E-state index in [1.165, 1.54) is 11.0 Å². The average Bonchev–Trinajstić information content (AvgIpc) is 4.22. The fourth-order valence-corrected chi connectivity index (χ4v) is 10.6. The number of likely N-dealkylation sites (tertiary alicyclic amines) is 2. The van der Waals surface area contributed by atoms with Crippen LogP contribution < -0.4 is 19.5 Å². The van der Waals surface area contributed by atoms with E-state index in [0.29, 0.717) is 73.4 Å². The molecule has 64 heavy (non-hydrogen) atoms. The molecular weight excluding hydrogens is 837 g/mol. The number of rotatable bonds is 16. The number of nitrogens with one attached hydrogen (secondary N) is 2. The van der Waals surface area contributed by atoms with Crippen molar-refractivity contribution < 1.29 is 41.9 Å². The van der Waals surface area contributed by atoms with Crippen molar-refractivity contribution in [1.29, 1.82) is 0 Å². The minimum Gasteiger partial charge on any atom is -0.497 e. The van der Waals surface area contributed by atoms with Gasteiger partial charge in [0.15, 0.2) is 0 Å². The summed E-state index contributed by atoms with van der Waals surface area (Å²) in [6.07, 6.45) is 3.05. The smallest absolute Gasteiger partial charge is 0.259 e. The number of aromatic nitrogens is 1. The number of hydrogen-bond donors (Lipinski definition) is 2. The lowest BCUT2D eigenvalue weighted by Crippen LogP contribution is -2.57. The first-order valence-electron chi connectivity index (χ1n) is 22.5. The van der Waals surface area contributed by atoms with Gasteiger partial charge in [0.25, 0.3) is 5.91 Å². The maximum absolute atomic E-state index is 15.2. The molecule has 3 heterocycles. The number of sulfonamides is 1. The molecule has 2 aliphatic carbocycles. The summed E-state index contributed by atoms with van der Waals surface area (Å²) in [5, 5.41) is 2.89. The number of nitrogens with zero attached hydrogens (tertiary/aromatic N) is 4. The lowest BCUT2D eigenvalue weighted by Gasteiger charge is -2.38. The topological polar surface area (TPSA) is 185 Å². The van der Waals surface area contributed by atoms with Gasteiger partial charge in [0.05, 0.1) is 42.0 Å². The summed E-state index contributed by atoms with van der Waals surface area (Å²) >= 11 is 0. The van der Waals surface area contributed by atoms with Gasteiger partial charge in [-0.05, 0) is 63.5 Å². The van der Waals surface area contributed by atoms with Gasteiger partial charge in [-0.1, -0.05) is 57.2 Å². The Kier molecular flexibility index (Phi) is 13.5. The third-order valence-electron chi connectivity index (χ3n) is 13.4. The molecular formula is C48H62N6O9S. The molecule has 5 amide bonds. The van der Waals surface area contributed by atoms with Gasteiger partial charge in [-0.2, -0.15) is 0 Å². The van der Waals surface area contributed by atoms with Crippen LogP contribution in [0.4, 0.5) is 0 Å². The third kappa shape index (κ3) is 9.76. The van der Waals surface area contributed by atoms with Crippen LogP contribution in [0.5, 0.6) is 11.5 Å². The van der Waals surface area contributed by atoms with E-state index in [1.54, 1.807) is 23.0 Å². The zero-order valence-corrected chi connectivity index (χ0v) is 38.6. The van der Waals surface area contributed by atoms with Gasteiger partial charge in [-0.15, -0.1) is 6.58 Å². The first kappa shape index (κ1) is 46.5. The quantitative estimate of drug-likeness (QED) is 0.184. The Bertz CT molecular complexity index is 2400. The van der Waals surface area contributed by atoms with E-state index in [-0.39, 0.29) is 50.1 Å². The second-order valence-electron chi connectivity index (χ2n) is 18.7. The number of ether oxygens (including phenoxy) is 2. The largest absolute Gasteiger partial charge is 0.497 e. The molecule has 2 aromatic carbocycles. The zero-order valence-electron chi connectivity index (χ0n) is 37.8. The molecule has 0 bridgehead atoms. The summed E-state index contributed by atoms with van der Waals surface area (Å²) in [4.78, 5) is 81.0. The number of methoxy groups -OCH3 is 1. The lowest BCUT2D eigenvalue weighted by atomic mass is 9.77. The van der Waals surface area contributed by atoms with Crippen molar-refractivity contribution in [3.63, 3.8) is 0 Å². The van der Waals surface area contributed by atoms with E-state index in [0.717, 1.165) is 5.56 Å². The van der Waals surface area contributed by atoms with Gasteiger partial charge >= 0.3 is 0 Å². The molecule has 2 saturated carbocycles. The number of hydrogen-bond acceptors (Lipinski definition) is 10. The summed E-state index contributed by atoms with van der Waals surface area (Å²) in [6, 6.07) is 15.7. The highest BCUT2D eigenvalue weighted by atomic mass is 32.2. The summed E-state index contributed by atoms with van der Waals surface area (Å²) in [7, 11) is -2.36. The molecule has 344 valence electrons. The molecule has 1 aromatic heterocycles. The zero-order chi connectivity index (χ0) is 46.1. The van der Waals surface area contributed by atoms with Crippen molar-refractivity contribution in [2.75, 3.05) is 39.8 Å². The predicted molar refractivity (Wildman–Crippen MR) is 242 cm³/mol. The van der Waals surface area contributed by atoms with Gasteiger partial charge in [-0.3, -0.25) is 28.7 Å². The summed E-state index contributed by atoms with van der Waals surface area (Å²) in [5.74, 6) is -2.82. The van der Waals surface area contributed by atoms with Gasteiger partial charge in [-0.25, -0.2) is 13.4 Å². The van der Waals surface area contributed by atoms with Crippen LogP contribution in [-0.2, 0) is 34.0 Å². The molecule has 2 saturated heterocycles. The van der Waals surface area contributed by atoms with Crippen molar-refractivity contribution in [2.45, 2.75) is 102 Å². The van der Waals surface area contributed by atoms with Crippen molar-refractivity contribution in [2.24, 2.45) is 23.2 Å². The number of pyridine rings is 1.